The second-order valence-corrected chi connectivity index (χ2v) is 7.05. The smallest absolute Gasteiger partial charge is 0.350 e. The summed E-state index contributed by atoms with van der Waals surface area (Å²) in [5.41, 5.74) is 0.817. The van der Waals surface area contributed by atoms with Crippen LogP contribution in [0.3, 0.4) is 0 Å². The summed E-state index contributed by atoms with van der Waals surface area (Å²) in [4.78, 5) is 17.3. The van der Waals surface area contributed by atoms with Crippen molar-refractivity contribution in [3.63, 3.8) is 0 Å². The van der Waals surface area contributed by atoms with Gasteiger partial charge in [0.1, 0.15) is 9.88 Å². The van der Waals surface area contributed by atoms with E-state index in [9.17, 15) is 4.79 Å². The van der Waals surface area contributed by atoms with Crippen molar-refractivity contribution in [1.82, 2.24) is 4.98 Å². The van der Waals surface area contributed by atoms with Crippen LogP contribution in [0.5, 0.6) is 0 Å². The molecule has 0 aromatic carbocycles. The summed E-state index contributed by atoms with van der Waals surface area (Å²) < 4.78 is 10.4. The van der Waals surface area contributed by atoms with E-state index in [1.807, 2.05) is 6.92 Å². The Morgan fingerprint density at radius 3 is 2.89 bits per heavy atom. The number of halogens is 1. The summed E-state index contributed by atoms with van der Waals surface area (Å²) in [6.45, 7) is 4.81. The van der Waals surface area contributed by atoms with Crippen LogP contribution < -0.4 is 0 Å². The standard InChI is InChI=1S/C12H16BrNO3S/c1-7-10(18-9(14-7)5-16-3)11(15)17-6-12(2)4-8(12)13/h8H,4-6H2,1-3H3. The van der Waals surface area contributed by atoms with Crippen molar-refractivity contribution in [3.8, 4) is 0 Å². The van der Waals surface area contributed by atoms with Crippen LogP contribution in [-0.4, -0.2) is 29.5 Å². The molecule has 1 aliphatic carbocycles. The molecule has 1 aliphatic rings. The highest BCUT2D eigenvalue weighted by atomic mass is 79.9. The number of rotatable bonds is 5. The van der Waals surface area contributed by atoms with Gasteiger partial charge in [0, 0.05) is 17.4 Å². The second kappa shape index (κ2) is 5.27. The number of aryl methyl sites for hydroxylation is 1. The van der Waals surface area contributed by atoms with Gasteiger partial charge in [-0.15, -0.1) is 11.3 Å². The maximum atomic E-state index is 12.0. The molecular weight excluding hydrogens is 318 g/mol. The van der Waals surface area contributed by atoms with E-state index in [0.29, 0.717) is 28.6 Å². The van der Waals surface area contributed by atoms with E-state index in [-0.39, 0.29) is 11.4 Å². The van der Waals surface area contributed by atoms with Crippen molar-refractivity contribution < 1.29 is 14.3 Å². The lowest BCUT2D eigenvalue weighted by molar-refractivity contribution is 0.0436. The van der Waals surface area contributed by atoms with Gasteiger partial charge >= 0.3 is 5.97 Å². The quantitative estimate of drug-likeness (QED) is 0.614. The van der Waals surface area contributed by atoms with E-state index in [2.05, 4.69) is 27.8 Å². The Labute approximate surface area is 119 Å². The number of hydrogen-bond acceptors (Lipinski definition) is 5. The van der Waals surface area contributed by atoms with Crippen molar-refractivity contribution in [2.24, 2.45) is 5.41 Å². The highest BCUT2D eigenvalue weighted by molar-refractivity contribution is 9.09. The summed E-state index contributed by atoms with van der Waals surface area (Å²) >= 11 is 4.87. The molecule has 2 unspecified atom stereocenters. The molecule has 0 saturated heterocycles. The number of methoxy groups -OCH3 is 1. The summed E-state index contributed by atoms with van der Waals surface area (Å²) in [5, 5.41) is 0.804. The zero-order valence-corrected chi connectivity index (χ0v) is 13.1. The molecule has 4 nitrogen and oxygen atoms in total. The van der Waals surface area contributed by atoms with Crippen LogP contribution in [-0.2, 0) is 16.1 Å². The Kier molecular flexibility index (Phi) is 4.08. The fourth-order valence-corrected chi connectivity index (χ4v) is 3.43. The minimum atomic E-state index is -0.278. The molecule has 1 saturated carbocycles. The molecule has 1 aromatic heterocycles. The topological polar surface area (TPSA) is 48.4 Å². The van der Waals surface area contributed by atoms with Gasteiger partial charge < -0.3 is 9.47 Å². The molecule has 2 rings (SSSR count). The van der Waals surface area contributed by atoms with Crippen molar-refractivity contribution in [1.29, 1.82) is 0 Å². The summed E-state index contributed by atoms with van der Waals surface area (Å²) in [7, 11) is 1.61. The lowest BCUT2D eigenvalue weighted by Gasteiger charge is -2.09. The third-order valence-corrected chi connectivity index (χ3v) is 5.61. The third-order valence-electron chi connectivity index (χ3n) is 3.07. The number of carbonyl (C=O) groups is 1. The maximum absolute atomic E-state index is 12.0. The molecule has 1 heterocycles. The van der Waals surface area contributed by atoms with Crippen molar-refractivity contribution >= 4 is 33.2 Å². The van der Waals surface area contributed by atoms with Gasteiger partial charge in [0.15, 0.2) is 0 Å². The molecule has 0 bridgehead atoms. The highest BCUT2D eigenvalue weighted by Gasteiger charge is 2.49. The van der Waals surface area contributed by atoms with Gasteiger partial charge in [-0.1, -0.05) is 22.9 Å². The van der Waals surface area contributed by atoms with Gasteiger partial charge in [0.25, 0.3) is 0 Å². The van der Waals surface area contributed by atoms with Crippen molar-refractivity contribution in [2.45, 2.75) is 31.7 Å². The summed E-state index contributed by atoms with van der Waals surface area (Å²) in [5.74, 6) is -0.278. The number of thiazole rings is 1. The number of nitrogens with zero attached hydrogens (tertiary/aromatic N) is 1. The van der Waals surface area contributed by atoms with Crippen LogP contribution in [0.4, 0.5) is 0 Å². The molecule has 0 spiro atoms. The van der Waals surface area contributed by atoms with Gasteiger partial charge in [0.05, 0.1) is 18.9 Å². The van der Waals surface area contributed by atoms with Gasteiger partial charge in [-0.2, -0.15) is 0 Å². The molecule has 1 fully saturated rings. The zero-order chi connectivity index (χ0) is 13.3. The number of hydrogen-bond donors (Lipinski definition) is 0. The third kappa shape index (κ3) is 2.92. The Balaban J connectivity index is 1.96. The molecular formula is C12H16BrNO3S. The van der Waals surface area contributed by atoms with Crippen LogP contribution in [0.2, 0.25) is 0 Å². The minimum absolute atomic E-state index is 0.101. The Morgan fingerprint density at radius 1 is 1.67 bits per heavy atom. The van der Waals surface area contributed by atoms with E-state index in [4.69, 9.17) is 9.47 Å². The maximum Gasteiger partial charge on any atom is 0.350 e. The molecule has 18 heavy (non-hydrogen) atoms. The van der Waals surface area contributed by atoms with E-state index in [1.54, 1.807) is 7.11 Å². The predicted molar refractivity (Wildman–Crippen MR) is 73.3 cm³/mol. The van der Waals surface area contributed by atoms with Crippen LogP contribution in [0.1, 0.15) is 33.7 Å². The monoisotopic (exact) mass is 333 g/mol. The first-order valence-electron chi connectivity index (χ1n) is 5.73. The molecule has 1 aromatic rings. The SMILES string of the molecule is COCc1nc(C)c(C(=O)OCC2(C)CC2Br)s1. The fourth-order valence-electron chi connectivity index (χ4n) is 1.62. The van der Waals surface area contributed by atoms with E-state index >= 15 is 0 Å². The Morgan fingerprint density at radius 2 is 2.33 bits per heavy atom. The molecule has 0 aliphatic heterocycles. The second-order valence-electron chi connectivity index (χ2n) is 4.86. The number of carbonyl (C=O) groups excluding carboxylic acids is 1. The normalized spacial score (nSPS) is 26.1. The first-order chi connectivity index (χ1) is 8.46. The van der Waals surface area contributed by atoms with Crippen LogP contribution in [0.15, 0.2) is 0 Å². The number of esters is 1. The van der Waals surface area contributed by atoms with Crippen LogP contribution in [0, 0.1) is 12.3 Å². The number of aromatic nitrogens is 1. The predicted octanol–water partition coefficient (Wildman–Crippen LogP) is 2.93. The summed E-state index contributed by atoms with van der Waals surface area (Å²) in [6, 6.07) is 0. The van der Waals surface area contributed by atoms with Gasteiger partial charge in [-0.05, 0) is 13.3 Å². The van der Waals surface area contributed by atoms with Crippen LogP contribution >= 0.6 is 27.3 Å². The molecule has 0 amide bonds. The summed E-state index contributed by atoms with van der Waals surface area (Å²) in [6.07, 6.45) is 1.05. The van der Waals surface area contributed by atoms with E-state index in [0.717, 1.165) is 11.4 Å². The lowest BCUT2D eigenvalue weighted by atomic mass is 10.2. The number of alkyl halides is 1. The Bertz CT molecular complexity index is 462. The molecule has 0 N–H and O–H groups in total. The largest absolute Gasteiger partial charge is 0.461 e. The molecule has 0 radical (unpaired) electrons. The average Bonchev–Trinajstić information content (AvgIpc) is 2.73. The van der Waals surface area contributed by atoms with Gasteiger partial charge in [0.2, 0.25) is 0 Å². The highest BCUT2D eigenvalue weighted by Crippen LogP contribution is 2.51. The van der Waals surface area contributed by atoms with Crippen LogP contribution in [0.25, 0.3) is 0 Å². The molecule has 2 atom stereocenters. The minimum Gasteiger partial charge on any atom is -0.461 e. The molecule has 100 valence electrons. The van der Waals surface area contributed by atoms with Crippen molar-refractivity contribution in [2.75, 3.05) is 13.7 Å². The van der Waals surface area contributed by atoms with Gasteiger partial charge in [-0.3, -0.25) is 0 Å². The zero-order valence-electron chi connectivity index (χ0n) is 10.7. The first kappa shape index (κ1) is 14.0. The Hall–Kier alpha value is -0.460. The molecule has 6 heteroatoms. The first-order valence-corrected chi connectivity index (χ1v) is 7.46. The number of ether oxygens (including phenoxy) is 2. The van der Waals surface area contributed by atoms with Crippen molar-refractivity contribution in [3.05, 3.63) is 15.6 Å². The average molecular weight is 334 g/mol. The van der Waals surface area contributed by atoms with Gasteiger partial charge in [-0.25, -0.2) is 9.78 Å². The van der Waals surface area contributed by atoms with E-state index < -0.39 is 0 Å². The van der Waals surface area contributed by atoms with E-state index in [1.165, 1.54) is 11.3 Å². The lowest BCUT2D eigenvalue weighted by Crippen LogP contribution is -2.14. The fraction of sp³-hybridized carbons (Fsp3) is 0.667.